The van der Waals surface area contributed by atoms with Gasteiger partial charge in [0, 0.05) is 43.7 Å². The van der Waals surface area contributed by atoms with Crippen molar-refractivity contribution in [1.29, 1.82) is 0 Å². The van der Waals surface area contributed by atoms with Crippen LogP contribution in [-0.2, 0) is 16.7 Å². The van der Waals surface area contributed by atoms with Crippen LogP contribution in [0.3, 0.4) is 0 Å². The van der Waals surface area contributed by atoms with Gasteiger partial charge in [0.05, 0.1) is 28.2 Å². The lowest BCUT2D eigenvalue weighted by molar-refractivity contribution is -0.384. The summed E-state index contributed by atoms with van der Waals surface area (Å²) in [6.45, 7) is 2.34. The van der Waals surface area contributed by atoms with E-state index in [2.05, 4.69) is 10.00 Å². The molecule has 0 atom stereocenters. The number of nitro benzene ring substituents is 1. The topological polar surface area (TPSA) is 102 Å². The standard InChI is InChI=1S/C18H19N5O4S/c24-23(25)16-7-6-15-13-19-22(18(15)12-16)14-20-8-10-21(11-9-20)28(26,27)17-4-2-1-3-5-17/h1-7,12-13H,8-11,14H2. The van der Waals surface area contributed by atoms with Crippen LogP contribution in [0.25, 0.3) is 10.9 Å². The quantitative estimate of drug-likeness (QED) is 0.478. The maximum absolute atomic E-state index is 12.7. The van der Waals surface area contributed by atoms with Gasteiger partial charge in [-0.25, -0.2) is 8.42 Å². The van der Waals surface area contributed by atoms with Gasteiger partial charge in [0.15, 0.2) is 0 Å². The van der Waals surface area contributed by atoms with Gasteiger partial charge in [-0.1, -0.05) is 18.2 Å². The molecule has 1 saturated heterocycles. The molecule has 2 heterocycles. The van der Waals surface area contributed by atoms with E-state index in [4.69, 9.17) is 0 Å². The molecule has 0 saturated carbocycles. The van der Waals surface area contributed by atoms with Gasteiger partial charge in [-0.3, -0.25) is 19.7 Å². The van der Waals surface area contributed by atoms with Gasteiger partial charge in [0.2, 0.25) is 10.0 Å². The van der Waals surface area contributed by atoms with E-state index in [9.17, 15) is 18.5 Å². The number of piperazine rings is 1. The van der Waals surface area contributed by atoms with Gasteiger partial charge in [-0.15, -0.1) is 0 Å². The van der Waals surface area contributed by atoms with E-state index in [-0.39, 0.29) is 5.69 Å². The first-order valence-corrected chi connectivity index (χ1v) is 10.3. The number of sulfonamides is 1. The number of rotatable bonds is 5. The van der Waals surface area contributed by atoms with Crippen molar-refractivity contribution in [2.45, 2.75) is 11.6 Å². The van der Waals surface area contributed by atoms with E-state index in [1.165, 1.54) is 16.4 Å². The monoisotopic (exact) mass is 401 g/mol. The van der Waals surface area contributed by atoms with Crippen LogP contribution in [0.2, 0.25) is 0 Å². The number of fused-ring (bicyclic) bond motifs is 1. The number of hydrogen-bond acceptors (Lipinski definition) is 6. The highest BCUT2D eigenvalue weighted by molar-refractivity contribution is 7.89. The highest BCUT2D eigenvalue weighted by atomic mass is 32.2. The van der Waals surface area contributed by atoms with Crippen LogP contribution in [0, 0.1) is 10.1 Å². The Hall–Kier alpha value is -2.82. The average Bonchev–Trinajstić information content (AvgIpc) is 3.11. The molecule has 28 heavy (non-hydrogen) atoms. The zero-order chi connectivity index (χ0) is 19.7. The molecule has 1 aliphatic rings. The number of nitrogens with zero attached hydrogens (tertiary/aromatic N) is 5. The van der Waals surface area contributed by atoms with Crippen molar-refractivity contribution in [3.63, 3.8) is 0 Å². The van der Waals surface area contributed by atoms with Gasteiger partial charge in [-0.2, -0.15) is 9.40 Å². The molecule has 0 unspecified atom stereocenters. The van der Waals surface area contributed by atoms with Crippen LogP contribution < -0.4 is 0 Å². The molecule has 0 spiro atoms. The van der Waals surface area contributed by atoms with Crippen LogP contribution in [-0.4, -0.2) is 58.5 Å². The summed E-state index contributed by atoms with van der Waals surface area (Å²) in [6.07, 6.45) is 1.68. The van der Waals surface area contributed by atoms with Crippen molar-refractivity contribution in [2.24, 2.45) is 0 Å². The van der Waals surface area contributed by atoms with Crippen LogP contribution >= 0.6 is 0 Å². The van der Waals surface area contributed by atoms with Crippen molar-refractivity contribution in [2.75, 3.05) is 26.2 Å². The Balaban J connectivity index is 1.46. The van der Waals surface area contributed by atoms with Crippen LogP contribution in [0.1, 0.15) is 0 Å². The number of benzene rings is 2. The van der Waals surface area contributed by atoms with E-state index in [0.29, 0.717) is 43.3 Å². The second-order valence-corrected chi connectivity index (χ2v) is 8.56. The third kappa shape index (κ3) is 3.49. The minimum absolute atomic E-state index is 0.0213. The molecule has 146 valence electrons. The smallest absolute Gasteiger partial charge is 0.271 e. The lowest BCUT2D eigenvalue weighted by Crippen LogP contribution is -2.48. The van der Waals surface area contributed by atoms with Crippen molar-refractivity contribution in [3.05, 3.63) is 64.8 Å². The summed E-state index contributed by atoms with van der Waals surface area (Å²) >= 11 is 0. The predicted octanol–water partition coefficient (Wildman–Crippen LogP) is 1.91. The van der Waals surface area contributed by atoms with Crippen molar-refractivity contribution < 1.29 is 13.3 Å². The third-order valence-electron chi connectivity index (χ3n) is 4.89. The Morgan fingerprint density at radius 2 is 1.75 bits per heavy atom. The van der Waals surface area contributed by atoms with Crippen molar-refractivity contribution in [3.8, 4) is 0 Å². The fourth-order valence-corrected chi connectivity index (χ4v) is 4.77. The first-order valence-electron chi connectivity index (χ1n) is 8.83. The van der Waals surface area contributed by atoms with E-state index in [1.54, 1.807) is 47.3 Å². The van der Waals surface area contributed by atoms with Crippen LogP contribution in [0.5, 0.6) is 0 Å². The zero-order valence-electron chi connectivity index (χ0n) is 15.0. The molecule has 1 aliphatic heterocycles. The zero-order valence-corrected chi connectivity index (χ0v) is 15.8. The van der Waals surface area contributed by atoms with Crippen LogP contribution in [0.4, 0.5) is 5.69 Å². The highest BCUT2D eigenvalue weighted by Gasteiger charge is 2.28. The molecular formula is C18H19N5O4S. The second kappa shape index (κ2) is 7.30. The molecule has 1 aromatic heterocycles. The number of non-ortho nitro benzene ring substituents is 1. The van der Waals surface area contributed by atoms with Gasteiger partial charge < -0.3 is 0 Å². The lowest BCUT2D eigenvalue weighted by atomic mass is 10.2. The second-order valence-electron chi connectivity index (χ2n) is 6.62. The summed E-state index contributed by atoms with van der Waals surface area (Å²) in [7, 11) is -3.49. The van der Waals surface area contributed by atoms with Crippen molar-refractivity contribution >= 4 is 26.6 Å². The normalized spacial score (nSPS) is 16.4. The lowest BCUT2D eigenvalue weighted by Gasteiger charge is -2.33. The molecule has 9 nitrogen and oxygen atoms in total. The van der Waals surface area contributed by atoms with Gasteiger partial charge in [0.25, 0.3) is 5.69 Å². The minimum atomic E-state index is -3.49. The van der Waals surface area contributed by atoms with E-state index >= 15 is 0 Å². The van der Waals surface area contributed by atoms with Crippen LogP contribution in [0.15, 0.2) is 59.6 Å². The van der Waals surface area contributed by atoms with Gasteiger partial charge >= 0.3 is 0 Å². The molecule has 0 amide bonds. The summed E-state index contributed by atoms with van der Waals surface area (Å²) in [5, 5.41) is 16.2. The summed E-state index contributed by atoms with van der Waals surface area (Å²) in [6, 6.07) is 13.1. The fraction of sp³-hybridized carbons (Fsp3) is 0.278. The predicted molar refractivity (Wildman–Crippen MR) is 103 cm³/mol. The maximum atomic E-state index is 12.7. The molecule has 0 radical (unpaired) electrons. The number of nitro groups is 1. The molecule has 0 bridgehead atoms. The number of aromatic nitrogens is 2. The van der Waals surface area contributed by atoms with Crippen molar-refractivity contribution in [1.82, 2.24) is 19.0 Å². The SMILES string of the molecule is O=[N+]([O-])c1ccc2cnn(CN3CCN(S(=O)(=O)c4ccccc4)CC3)c2c1. The van der Waals surface area contributed by atoms with Gasteiger partial charge in [0.1, 0.15) is 0 Å². The Kier molecular flexibility index (Phi) is 4.84. The molecule has 3 aromatic rings. The fourth-order valence-electron chi connectivity index (χ4n) is 3.33. The highest BCUT2D eigenvalue weighted by Crippen LogP contribution is 2.22. The minimum Gasteiger partial charge on any atom is -0.282 e. The molecule has 10 heteroatoms. The van der Waals surface area contributed by atoms with Gasteiger partial charge in [-0.05, 0) is 18.2 Å². The third-order valence-corrected chi connectivity index (χ3v) is 6.80. The van der Waals surface area contributed by atoms with E-state index in [0.717, 1.165) is 5.39 Å². The molecule has 0 aliphatic carbocycles. The Morgan fingerprint density at radius 3 is 2.43 bits per heavy atom. The Labute approximate surface area is 162 Å². The Bertz CT molecular complexity index is 1110. The molecular weight excluding hydrogens is 382 g/mol. The molecule has 4 rings (SSSR count). The molecule has 2 aromatic carbocycles. The summed E-state index contributed by atoms with van der Waals surface area (Å²) < 4.78 is 28.6. The van der Waals surface area contributed by atoms with E-state index in [1.807, 2.05) is 0 Å². The molecule has 1 fully saturated rings. The number of hydrogen-bond donors (Lipinski definition) is 0. The Morgan fingerprint density at radius 1 is 1.04 bits per heavy atom. The maximum Gasteiger partial charge on any atom is 0.271 e. The summed E-state index contributed by atoms with van der Waals surface area (Å²) in [5.41, 5.74) is 0.710. The first-order chi connectivity index (χ1) is 13.4. The molecule has 0 N–H and O–H groups in total. The first kappa shape index (κ1) is 18.5. The summed E-state index contributed by atoms with van der Waals surface area (Å²) in [4.78, 5) is 13.0. The van der Waals surface area contributed by atoms with E-state index < -0.39 is 14.9 Å². The summed E-state index contributed by atoms with van der Waals surface area (Å²) in [5.74, 6) is 0. The largest absolute Gasteiger partial charge is 0.282 e. The average molecular weight is 401 g/mol.